The van der Waals surface area contributed by atoms with Crippen LogP contribution < -0.4 is 4.74 Å². The highest BCUT2D eigenvalue weighted by Crippen LogP contribution is 2.27. The van der Waals surface area contributed by atoms with Crippen LogP contribution in [-0.4, -0.2) is 21.4 Å². The van der Waals surface area contributed by atoms with E-state index in [0.717, 1.165) is 19.3 Å². The van der Waals surface area contributed by atoms with E-state index in [1.807, 2.05) is 0 Å². The molecule has 0 saturated heterocycles. The summed E-state index contributed by atoms with van der Waals surface area (Å²) < 4.78 is 4.97. The SMILES string of the molecule is O=C(Oc1ccnnn1)C1CCC1. The van der Waals surface area contributed by atoms with E-state index in [4.69, 9.17) is 4.74 Å². The van der Waals surface area contributed by atoms with Crippen molar-refractivity contribution in [2.45, 2.75) is 19.3 Å². The highest BCUT2D eigenvalue weighted by Gasteiger charge is 2.27. The Morgan fingerprint density at radius 1 is 1.54 bits per heavy atom. The molecular formula is C8H9N3O2. The van der Waals surface area contributed by atoms with Crippen LogP contribution in [-0.2, 0) is 4.79 Å². The van der Waals surface area contributed by atoms with Crippen molar-refractivity contribution in [1.29, 1.82) is 0 Å². The van der Waals surface area contributed by atoms with Crippen LogP contribution >= 0.6 is 0 Å². The van der Waals surface area contributed by atoms with Gasteiger partial charge in [-0.1, -0.05) is 11.5 Å². The Balaban J connectivity index is 1.94. The zero-order valence-corrected chi connectivity index (χ0v) is 7.01. The highest BCUT2D eigenvalue weighted by atomic mass is 16.5. The second-order valence-corrected chi connectivity index (χ2v) is 3.01. The van der Waals surface area contributed by atoms with E-state index in [1.54, 1.807) is 0 Å². The van der Waals surface area contributed by atoms with E-state index >= 15 is 0 Å². The van der Waals surface area contributed by atoms with Crippen LogP contribution in [0.15, 0.2) is 12.3 Å². The Hall–Kier alpha value is -1.52. The normalized spacial score (nSPS) is 16.3. The van der Waals surface area contributed by atoms with Gasteiger partial charge in [-0.05, 0) is 18.1 Å². The zero-order valence-electron chi connectivity index (χ0n) is 7.01. The Kier molecular flexibility index (Phi) is 2.16. The topological polar surface area (TPSA) is 65.0 Å². The maximum absolute atomic E-state index is 11.3. The minimum Gasteiger partial charge on any atom is -0.405 e. The molecule has 0 bridgehead atoms. The first-order valence-corrected chi connectivity index (χ1v) is 4.22. The molecule has 0 amide bonds. The van der Waals surface area contributed by atoms with Gasteiger partial charge in [0.05, 0.1) is 12.1 Å². The molecule has 1 aliphatic rings. The van der Waals surface area contributed by atoms with Crippen molar-refractivity contribution in [1.82, 2.24) is 15.4 Å². The number of carbonyl (C=O) groups is 1. The lowest BCUT2D eigenvalue weighted by atomic mass is 9.86. The quantitative estimate of drug-likeness (QED) is 0.621. The van der Waals surface area contributed by atoms with E-state index in [1.165, 1.54) is 12.3 Å². The monoisotopic (exact) mass is 179 g/mol. The summed E-state index contributed by atoms with van der Waals surface area (Å²) in [4.78, 5) is 11.3. The molecule has 1 heterocycles. The van der Waals surface area contributed by atoms with Crippen LogP contribution in [0.3, 0.4) is 0 Å². The number of esters is 1. The van der Waals surface area contributed by atoms with Crippen molar-refractivity contribution in [2.24, 2.45) is 5.92 Å². The van der Waals surface area contributed by atoms with Gasteiger partial charge in [-0.2, -0.15) is 0 Å². The molecule has 0 N–H and O–H groups in total. The lowest BCUT2D eigenvalue weighted by Crippen LogP contribution is -2.26. The fourth-order valence-corrected chi connectivity index (χ4v) is 1.11. The summed E-state index contributed by atoms with van der Waals surface area (Å²) in [5.41, 5.74) is 0. The third-order valence-corrected chi connectivity index (χ3v) is 2.12. The first kappa shape index (κ1) is 8.10. The lowest BCUT2D eigenvalue weighted by Gasteiger charge is -2.22. The molecule has 1 aromatic heterocycles. The standard InChI is InChI=1S/C8H9N3O2/c12-8(6-2-1-3-6)13-7-4-5-9-11-10-7/h4-6H,1-3H2. The van der Waals surface area contributed by atoms with E-state index in [9.17, 15) is 4.79 Å². The Morgan fingerprint density at radius 3 is 2.92 bits per heavy atom. The Morgan fingerprint density at radius 2 is 2.38 bits per heavy atom. The number of aromatic nitrogens is 3. The minimum atomic E-state index is -0.202. The molecule has 5 heteroatoms. The van der Waals surface area contributed by atoms with Crippen molar-refractivity contribution in [3.63, 3.8) is 0 Å². The van der Waals surface area contributed by atoms with Gasteiger partial charge in [0.1, 0.15) is 0 Å². The molecule has 68 valence electrons. The highest BCUT2D eigenvalue weighted by molar-refractivity contribution is 5.75. The average molecular weight is 179 g/mol. The van der Waals surface area contributed by atoms with E-state index in [2.05, 4.69) is 15.4 Å². The number of ether oxygens (including phenoxy) is 1. The molecule has 0 aromatic carbocycles. The summed E-state index contributed by atoms with van der Waals surface area (Å²) in [7, 11) is 0. The Labute approximate surface area is 75.1 Å². The van der Waals surface area contributed by atoms with Crippen molar-refractivity contribution >= 4 is 5.97 Å². The van der Waals surface area contributed by atoms with Gasteiger partial charge in [-0.25, -0.2) is 0 Å². The van der Waals surface area contributed by atoms with E-state index in [-0.39, 0.29) is 17.8 Å². The van der Waals surface area contributed by atoms with Crippen LogP contribution in [0.4, 0.5) is 0 Å². The predicted octanol–water partition coefficient (Wildman–Crippen LogP) is 0.577. The summed E-state index contributed by atoms with van der Waals surface area (Å²) in [6, 6.07) is 1.52. The van der Waals surface area contributed by atoms with Gasteiger partial charge in [0.25, 0.3) is 0 Å². The first-order chi connectivity index (χ1) is 6.36. The van der Waals surface area contributed by atoms with E-state index < -0.39 is 0 Å². The molecule has 1 aromatic rings. The third kappa shape index (κ3) is 1.80. The third-order valence-electron chi connectivity index (χ3n) is 2.12. The van der Waals surface area contributed by atoms with Crippen LogP contribution in [0, 0.1) is 5.92 Å². The minimum absolute atomic E-state index is 0.0648. The molecule has 0 radical (unpaired) electrons. The van der Waals surface area contributed by atoms with Crippen molar-refractivity contribution in [3.05, 3.63) is 12.3 Å². The zero-order chi connectivity index (χ0) is 9.10. The molecule has 13 heavy (non-hydrogen) atoms. The van der Waals surface area contributed by atoms with Crippen molar-refractivity contribution in [2.75, 3.05) is 0 Å². The van der Waals surface area contributed by atoms with Crippen molar-refractivity contribution < 1.29 is 9.53 Å². The fourth-order valence-electron chi connectivity index (χ4n) is 1.11. The van der Waals surface area contributed by atoms with Gasteiger partial charge >= 0.3 is 5.97 Å². The smallest absolute Gasteiger partial charge is 0.315 e. The molecule has 0 spiro atoms. The maximum atomic E-state index is 11.3. The Bertz CT molecular complexity index is 298. The van der Waals surface area contributed by atoms with Gasteiger partial charge in [0, 0.05) is 6.07 Å². The van der Waals surface area contributed by atoms with Gasteiger partial charge in [-0.3, -0.25) is 4.79 Å². The van der Waals surface area contributed by atoms with Gasteiger partial charge in [-0.15, -0.1) is 5.10 Å². The number of rotatable bonds is 2. The molecule has 1 saturated carbocycles. The van der Waals surface area contributed by atoms with Gasteiger partial charge < -0.3 is 4.74 Å². The number of hydrogen-bond donors (Lipinski definition) is 0. The summed E-state index contributed by atoms with van der Waals surface area (Å²) in [5, 5.41) is 10.4. The summed E-state index contributed by atoms with van der Waals surface area (Å²) >= 11 is 0. The average Bonchev–Trinajstić information content (AvgIpc) is 2.02. The molecule has 5 nitrogen and oxygen atoms in total. The predicted molar refractivity (Wildman–Crippen MR) is 42.8 cm³/mol. The number of hydrogen-bond acceptors (Lipinski definition) is 5. The molecule has 0 aliphatic heterocycles. The van der Waals surface area contributed by atoms with Crippen molar-refractivity contribution in [3.8, 4) is 5.88 Å². The number of nitrogens with zero attached hydrogens (tertiary/aromatic N) is 3. The van der Waals surface area contributed by atoms with E-state index in [0.29, 0.717) is 0 Å². The molecule has 2 rings (SSSR count). The first-order valence-electron chi connectivity index (χ1n) is 4.22. The maximum Gasteiger partial charge on any atom is 0.315 e. The molecule has 1 fully saturated rings. The molecule has 0 atom stereocenters. The molecular weight excluding hydrogens is 170 g/mol. The summed E-state index contributed by atoms with van der Waals surface area (Å²) in [6.45, 7) is 0. The fraction of sp³-hybridized carbons (Fsp3) is 0.500. The van der Waals surface area contributed by atoms with Crippen LogP contribution in [0.5, 0.6) is 5.88 Å². The summed E-state index contributed by atoms with van der Waals surface area (Å²) in [5.74, 6) is 0.0913. The molecule has 1 aliphatic carbocycles. The largest absolute Gasteiger partial charge is 0.405 e. The second-order valence-electron chi connectivity index (χ2n) is 3.01. The second kappa shape index (κ2) is 3.47. The summed E-state index contributed by atoms with van der Waals surface area (Å²) in [6.07, 6.45) is 4.41. The lowest BCUT2D eigenvalue weighted by molar-refractivity contribution is -0.141. The van der Waals surface area contributed by atoms with Crippen LogP contribution in [0.1, 0.15) is 19.3 Å². The van der Waals surface area contributed by atoms with Crippen LogP contribution in [0.25, 0.3) is 0 Å². The number of carbonyl (C=O) groups excluding carboxylic acids is 1. The van der Waals surface area contributed by atoms with Crippen LogP contribution in [0.2, 0.25) is 0 Å². The van der Waals surface area contributed by atoms with Gasteiger partial charge in [0.2, 0.25) is 5.88 Å². The molecule has 0 unspecified atom stereocenters. The van der Waals surface area contributed by atoms with Gasteiger partial charge in [0.15, 0.2) is 0 Å².